The molecule has 0 unspecified atom stereocenters. The second-order valence-corrected chi connectivity index (χ2v) is 7.49. The summed E-state index contributed by atoms with van der Waals surface area (Å²) in [4.78, 5) is 23.4. The summed E-state index contributed by atoms with van der Waals surface area (Å²) in [5.74, 6) is 0.218. The Kier molecular flexibility index (Phi) is 5.23. The van der Waals surface area contributed by atoms with Crippen LogP contribution in [0.2, 0.25) is 0 Å². The van der Waals surface area contributed by atoms with E-state index in [4.69, 9.17) is 0 Å². The molecule has 2 aromatic heterocycles. The number of aromatic nitrogens is 2. The Balaban J connectivity index is 1.50. The summed E-state index contributed by atoms with van der Waals surface area (Å²) >= 11 is 1.24. The zero-order valence-corrected chi connectivity index (χ0v) is 16.1. The Hall–Kier alpha value is -2.94. The molecule has 0 saturated carbocycles. The summed E-state index contributed by atoms with van der Waals surface area (Å²) in [5, 5.41) is 4.41. The molecule has 29 heavy (non-hydrogen) atoms. The Bertz CT molecular complexity index is 1010. The van der Waals surface area contributed by atoms with Gasteiger partial charge in [0, 0.05) is 30.2 Å². The van der Waals surface area contributed by atoms with Gasteiger partial charge in [-0.2, -0.15) is 13.2 Å². The van der Waals surface area contributed by atoms with Gasteiger partial charge in [-0.25, -0.2) is 9.97 Å². The fourth-order valence-corrected chi connectivity index (χ4v) is 3.97. The normalized spacial score (nSPS) is 14.2. The van der Waals surface area contributed by atoms with Crippen molar-refractivity contribution in [3.05, 3.63) is 59.2 Å². The number of amides is 1. The molecule has 9 heteroatoms. The highest BCUT2D eigenvalue weighted by molar-refractivity contribution is 7.13. The van der Waals surface area contributed by atoms with Gasteiger partial charge < -0.3 is 10.2 Å². The smallest absolute Gasteiger partial charge is 0.357 e. The number of hydrogen-bond donors (Lipinski definition) is 1. The highest BCUT2D eigenvalue weighted by Crippen LogP contribution is 2.35. The van der Waals surface area contributed by atoms with Crippen LogP contribution in [0.3, 0.4) is 0 Å². The molecule has 1 N–H and O–H groups in total. The minimum Gasteiger partial charge on any atom is -0.357 e. The average Bonchev–Trinajstić information content (AvgIpc) is 3.40. The number of benzene rings is 1. The Morgan fingerprint density at radius 3 is 2.55 bits per heavy atom. The number of thiazole rings is 1. The molecule has 0 atom stereocenters. The summed E-state index contributed by atoms with van der Waals surface area (Å²) < 4.78 is 39.3. The molecule has 1 fully saturated rings. The molecule has 0 radical (unpaired) electrons. The fourth-order valence-electron chi connectivity index (χ4n) is 3.18. The van der Waals surface area contributed by atoms with E-state index >= 15 is 0 Å². The lowest BCUT2D eigenvalue weighted by Crippen LogP contribution is -2.18. The third kappa shape index (κ3) is 4.24. The first-order valence-electron chi connectivity index (χ1n) is 9.06. The molecule has 0 bridgehead atoms. The number of nitrogens with one attached hydrogen (secondary N) is 1. The van der Waals surface area contributed by atoms with Crippen LogP contribution in [-0.4, -0.2) is 29.0 Å². The molecule has 1 aromatic carbocycles. The van der Waals surface area contributed by atoms with Gasteiger partial charge in [0.25, 0.3) is 5.91 Å². The Morgan fingerprint density at radius 2 is 1.86 bits per heavy atom. The second kappa shape index (κ2) is 7.82. The van der Waals surface area contributed by atoms with E-state index in [0.717, 1.165) is 43.4 Å². The highest BCUT2D eigenvalue weighted by Gasteiger charge is 2.33. The van der Waals surface area contributed by atoms with Crippen LogP contribution in [0, 0.1) is 0 Å². The van der Waals surface area contributed by atoms with Crippen LogP contribution < -0.4 is 10.2 Å². The summed E-state index contributed by atoms with van der Waals surface area (Å²) in [7, 11) is 0. The van der Waals surface area contributed by atoms with Gasteiger partial charge in [-0.3, -0.25) is 4.79 Å². The van der Waals surface area contributed by atoms with E-state index < -0.39 is 17.6 Å². The van der Waals surface area contributed by atoms with Crippen LogP contribution in [0.5, 0.6) is 0 Å². The molecule has 1 aliphatic rings. The predicted octanol–water partition coefficient (Wildman–Crippen LogP) is 5.08. The zero-order valence-electron chi connectivity index (χ0n) is 15.2. The molecule has 5 nitrogen and oxygen atoms in total. The van der Waals surface area contributed by atoms with Crippen LogP contribution in [0.25, 0.3) is 10.6 Å². The van der Waals surface area contributed by atoms with Crippen molar-refractivity contribution in [2.24, 2.45) is 0 Å². The number of halogens is 3. The molecule has 0 spiro atoms. The van der Waals surface area contributed by atoms with Crippen molar-refractivity contribution in [1.29, 1.82) is 0 Å². The van der Waals surface area contributed by atoms with Crippen molar-refractivity contribution < 1.29 is 18.0 Å². The lowest BCUT2D eigenvalue weighted by Gasteiger charge is -2.15. The van der Waals surface area contributed by atoms with Gasteiger partial charge in [0.1, 0.15) is 16.5 Å². The quantitative estimate of drug-likeness (QED) is 0.642. The van der Waals surface area contributed by atoms with Gasteiger partial charge in [-0.1, -0.05) is 12.1 Å². The standard InChI is InChI=1S/C20H17F3N4OS/c21-20(22,23)14-5-1-2-6-15(14)25-18(28)16-12-29-19(26-16)13-7-8-17(24-11-13)27-9-3-4-10-27/h1-2,5-8,11-12H,3-4,9-10H2,(H,25,28). The van der Waals surface area contributed by atoms with Crippen LogP contribution in [0.15, 0.2) is 48.0 Å². The SMILES string of the molecule is O=C(Nc1ccccc1C(F)(F)F)c1csc(-c2ccc(N3CCCC3)nc2)n1. The van der Waals surface area contributed by atoms with Crippen molar-refractivity contribution in [3.8, 4) is 10.6 Å². The summed E-state index contributed by atoms with van der Waals surface area (Å²) in [6.07, 6.45) is -0.537. The lowest BCUT2D eigenvalue weighted by molar-refractivity contribution is -0.136. The number of para-hydroxylation sites is 1. The first-order chi connectivity index (χ1) is 13.9. The minimum absolute atomic E-state index is 0.0607. The molecule has 3 heterocycles. The molecule has 1 aliphatic heterocycles. The van der Waals surface area contributed by atoms with Gasteiger partial charge >= 0.3 is 6.18 Å². The van der Waals surface area contributed by atoms with Crippen LogP contribution in [0.1, 0.15) is 28.9 Å². The molecular weight excluding hydrogens is 401 g/mol. The zero-order chi connectivity index (χ0) is 20.4. The molecule has 1 saturated heterocycles. The molecule has 150 valence electrons. The van der Waals surface area contributed by atoms with E-state index in [9.17, 15) is 18.0 Å². The Labute approximate surface area is 169 Å². The topological polar surface area (TPSA) is 58.1 Å². The van der Waals surface area contributed by atoms with E-state index in [1.54, 1.807) is 6.20 Å². The van der Waals surface area contributed by atoms with Crippen LogP contribution in [-0.2, 0) is 6.18 Å². The number of hydrogen-bond acceptors (Lipinski definition) is 5. The van der Waals surface area contributed by atoms with Crippen molar-refractivity contribution in [2.45, 2.75) is 19.0 Å². The van der Waals surface area contributed by atoms with Gasteiger partial charge in [0.2, 0.25) is 0 Å². The van der Waals surface area contributed by atoms with Gasteiger partial charge in [-0.15, -0.1) is 11.3 Å². The monoisotopic (exact) mass is 418 g/mol. The van der Waals surface area contributed by atoms with Crippen molar-refractivity contribution >= 4 is 28.7 Å². The molecule has 0 aliphatic carbocycles. The highest BCUT2D eigenvalue weighted by atomic mass is 32.1. The molecule has 1 amide bonds. The van der Waals surface area contributed by atoms with Crippen molar-refractivity contribution in [2.75, 3.05) is 23.3 Å². The number of alkyl halides is 3. The van der Waals surface area contributed by atoms with E-state index in [2.05, 4.69) is 20.2 Å². The number of rotatable bonds is 4. The van der Waals surface area contributed by atoms with Gasteiger partial charge in [-0.05, 0) is 37.1 Å². The van der Waals surface area contributed by atoms with Crippen molar-refractivity contribution in [3.63, 3.8) is 0 Å². The lowest BCUT2D eigenvalue weighted by atomic mass is 10.1. The second-order valence-electron chi connectivity index (χ2n) is 6.63. The van der Waals surface area contributed by atoms with E-state index in [1.807, 2.05) is 12.1 Å². The van der Waals surface area contributed by atoms with Gasteiger partial charge in [0.05, 0.1) is 11.3 Å². The summed E-state index contributed by atoms with van der Waals surface area (Å²) in [5.41, 5.74) is -0.375. The number of carbonyl (C=O) groups is 1. The minimum atomic E-state index is -4.56. The third-order valence-corrected chi connectivity index (χ3v) is 5.53. The largest absolute Gasteiger partial charge is 0.418 e. The maximum Gasteiger partial charge on any atom is 0.418 e. The molecular formula is C20H17F3N4OS. The first kappa shape index (κ1) is 19.4. The van der Waals surface area contributed by atoms with Crippen LogP contribution >= 0.6 is 11.3 Å². The maximum atomic E-state index is 13.1. The summed E-state index contributed by atoms with van der Waals surface area (Å²) in [6.45, 7) is 1.99. The number of pyridine rings is 1. The van der Waals surface area contributed by atoms with E-state index in [-0.39, 0.29) is 11.4 Å². The fraction of sp³-hybridized carbons (Fsp3) is 0.250. The predicted molar refractivity (Wildman–Crippen MR) is 106 cm³/mol. The molecule has 3 aromatic rings. The number of nitrogens with zero attached hydrogens (tertiary/aromatic N) is 3. The van der Waals surface area contributed by atoms with Crippen LogP contribution in [0.4, 0.5) is 24.7 Å². The number of anilines is 2. The van der Waals surface area contributed by atoms with E-state index in [1.165, 1.54) is 34.9 Å². The van der Waals surface area contributed by atoms with E-state index in [0.29, 0.717) is 5.01 Å². The summed E-state index contributed by atoms with van der Waals surface area (Å²) in [6, 6.07) is 8.66. The van der Waals surface area contributed by atoms with Crippen molar-refractivity contribution in [1.82, 2.24) is 9.97 Å². The third-order valence-electron chi connectivity index (χ3n) is 4.64. The average molecular weight is 418 g/mol. The van der Waals surface area contributed by atoms with Gasteiger partial charge in [0.15, 0.2) is 0 Å². The Morgan fingerprint density at radius 1 is 1.10 bits per heavy atom. The maximum absolute atomic E-state index is 13.1. The molecule has 4 rings (SSSR count). The first-order valence-corrected chi connectivity index (χ1v) is 9.94. The number of carbonyl (C=O) groups excluding carboxylic acids is 1.